The summed E-state index contributed by atoms with van der Waals surface area (Å²) in [4.78, 5) is 22.7. The Labute approximate surface area is 75.6 Å². The summed E-state index contributed by atoms with van der Waals surface area (Å²) >= 11 is 0. The molecule has 1 heterocycles. The zero-order valence-electron chi connectivity index (χ0n) is 8.24. The highest BCUT2D eigenvalue weighted by Gasteiger charge is 2.11. The molecule has 1 aromatic heterocycles. The Kier molecular flexibility index (Phi) is 2.36. The maximum atomic E-state index is 11.5. The molecule has 0 unspecified atom stereocenters. The predicted octanol–water partition coefficient (Wildman–Crippen LogP) is -0.398. The van der Waals surface area contributed by atoms with Gasteiger partial charge in [0.2, 0.25) is 0 Å². The van der Waals surface area contributed by atoms with Crippen LogP contribution in [0, 0.1) is 0 Å². The third-order valence-electron chi connectivity index (χ3n) is 1.89. The lowest BCUT2D eigenvalue weighted by Crippen LogP contribution is -2.41. The molecule has 0 bridgehead atoms. The van der Waals surface area contributed by atoms with Crippen LogP contribution in [0.5, 0.6) is 0 Å². The molecule has 0 aliphatic rings. The van der Waals surface area contributed by atoms with E-state index in [0.717, 1.165) is 4.57 Å². The average Bonchev–Trinajstić information content (AvgIpc) is 2.07. The Balaban J connectivity index is 3.60. The molecule has 5 heteroatoms. The van der Waals surface area contributed by atoms with E-state index in [4.69, 9.17) is 0 Å². The molecule has 1 aromatic rings. The van der Waals surface area contributed by atoms with Gasteiger partial charge in [0, 0.05) is 20.0 Å². The van der Waals surface area contributed by atoms with Crippen LogP contribution in [0.1, 0.15) is 25.5 Å². The SMILES string of the molecule is CC(C)c1nn(C)c(=O)n(C)c1=O. The van der Waals surface area contributed by atoms with Gasteiger partial charge in [-0.25, -0.2) is 9.48 Å². The van der Waals surface area contributed by atoms with Gasteiger partial charge in [0.05, 0.1) is 0 Å². The minimum absolute atomic E-state index is 0.0329. The topological polar surface area (TPSA) is 56.9 Å². The molecule has 0 saturated carbocycles. The van der Waals surface area contributed by atoms with Crippen LogP contribution in [-0.4, -0.2) is 14.3 Å². The molecule has 0 atom stereocenters. The number of nitrogens with zero attached hydrogens (tertiary/aromatic N) is 3. The summed E-state index contributed by atoms with van der Waals surface area (Å²) in [5.74, 6) is 0.0329. The van der Waals surface area contributed by atoms with Crippen molar-refractivity contribution in [1.29, 1.82) is 0 Å². The van der Waals surface area contributed by atoms with Crippen molar-refractivity contribution >= 4 is 0 Å². The number of hydrogen-bond donors (Lipinski definition) is 0. The third kappa shape index (κ3) is 1.54. The molecule has 1 rings (SSSR count). The minimum atomic E-state index is -0.394. The summed E-state index contributed by atoms with van der Waals surface area (Å²) < 4.78 is 2.25. The largest absolute Gasteiger partial charge is 0.346 e. The molecule has 0 saturated heterocycles. The fourth-order valence-electron chi connectivity index (χ4n) is 1.09. The summed E-state index contributed by atoms with van der Waals surface area (Å²) in [5.41, 5.74) is -0.280. The fraction of sp³-hybridized carbons (Fsp3) is 0.625. The summed E-state index contributed by atoms with van der Waals surface area (Å²) in [6.45, 7) is 3.74. The van der Waals surface area contributed by atoms with Gasteiger partial charge in [-0.15, -0.1) is 0 Å². The molecule has 0 N–H and O–H groups in total. The molecule has 0 aromatic carbocycles. The number of rotatable bonds is 1. The van der Waals surface area contributed by atoms with Gasteiger partial charge in [-0.3, -0.25) is 9.36 Å². The molecule has 72 valence electrons. The van der Waals surface area contributed by atoms with E-state index < -0.39 is 5.69 Å². The summed E-state index contributed by atoms with van der Waals surface area (Å²) in [5, 5.41) is 3.90. The highest BCUT2D eigenvalue weighted by molar-refractivity contribution is 4.99. The minimum Gasteiger partial charge on any atom is -0.267 e. The van der Waals surface area contributed by atoms with E-state index in [1.165, 1.54) is 18.8 Å². The van der Waals surface area contributed by atoms with Crippen LogP contribution in [0.3, 0.4) is 0 Å². The molecular formula is C8H13N3O2. The molecule has 0 radical (unpaired) electrons. The van der Waals surface area contributed by atoms with Gasteiger partial charge >= 0.3 is 5.69 Å². The average molecular weight is 183 g/mol. The molecule has 0 spiro atoms. The summed E-state index contributed by atoms with van der Waals surface area (Å²) in [6, 6.07) is 0. The molecule has 0 aliphatic carbocycles. The van der Waals surface area contributed by atoms with E-state index in [0.29, 0.717) is 5.69 Å². The van der Waals surface area contributed by atoms with Gasteiger partial charge in [0.1, 0.15) is 5.69 Å². The second-order valence-corrected chi connectivity index (χ2v) is 3.31. The molecular weight excluding hydrogens is 170 g/mol. The molecule has 13 heavy (non-hydrogen) atoms. The van der Waals surface area contributed by atoms with Crippen molar-refractivity contribution in [3.63, 3.8) is 0 Å². The Bertz CT molecular complexity index is 428. The maximum absolute atomic E-state index is 11.5. The third-order valence-corrected chi connectivity index (χ3v) is 1.89. The molecule has 0 aliphatic heterocycles. The predicted molar refractivity (Wildman–Crippen MR) is 48.8 cm³/mol. The Morgan fingerprint density at radius 3 is 2.23 bits per heavy atom. The monoisotopic (exact) mass is 183 g/mol. The van der Waals surface area contributed by atoms with E-state index in [9.17, 15) is 9.59 Å². The lowest BCUT2D eigenvalue weighted by atomic mass is 10.1. The molecule has 0 fully saturated rings. The van der Waals surface area contributed by atoms with Gasteiger partial charge < -0.3 is 0 Å². The maximum Gasteiger partial charge on any atom is 0.346 e. The van der Waals surface area contributed by atoms with Crippen molar-refractivity contribution in [2.75, 3.05) is 0 Å². The second-order valence-electron chi connectivity index (χ2n) is 3.31. The summed E-state index contributed by atoms with van der Waals surface area (Å²) in [7, 11) is 2.99. The van der Waals surface area contributed by atoms with Crippen molar-refractivity contribution in [3.8, 4) is 0 Å². The number of aromatic nitrogens is 3. The molecule has 5 nitrogen and oxygen atoms in total. The van der Waals surface area contributed by atoms with Crippen LogP contribution in [0.4, 0.5) is 0 Å². The fourth-order valence-corrected chi connectivity index (χ4v) is 1.09. The first-order valence-corrected chi connectivity index (χ1v) is 4.09. The Morgan fingerprint density at radius 2 is 1.77 bits per heavy atom. The van der Waals surface area contributed by atoms with E-state index in [1.807, 2.05) is 13.8 Å². The van der Waals surface area contributed by atoms with Gasteiger partial charge in [0.15, 0.2) is 0 Å². The van der Waals surface area contributed by atoms with Crippen LogP contribution < -0.4 is 11.2 Å². The summed E-state index contributed by atoms with van der Waals surface area (Å²) in [6.07, 6.45) is 0. The van der Waals surface area contributed by atoms with Gasteiger partial charge in [-0.1, -0.05) is 13.8 Å². The first-order valence-electron chi connectivity index (χ1n) is 4.09. The van der Waals surface area contributed by atoms with Crippen molar-refractivity contribution in [1.82, 2.24) is 14.3 Å². The lowest BCUT2D eigenvalue weighted by Gasteiger charge is -2.06. The van der Waals surface area contributed by atoms with Gasteiger partial charge in [-0.2, -0.15) is 5.10 Å². The molecule has 0 amide bonds. The highest BCUT2D eigenvalue weighted by Crippen LogP contribution is 2.02. The van der Waals surface area contributed by atoms with Crippen molar-refractivity contribution in [2.24, 2.45) is 14.1 Å². The smallest absolute Gasteiger partial charge is 0.267 e. The Hall–Kier alpha value is -1.39. The van der Waals surface area contributed by atoms with Crippen LogP contribution in [0.25, 0.3) is 0 Å². The van der Waals surface area contributed by atoms with Crippen LogP contribution in [0.2, 0.25) is 0 Å². The van der Waals surface area contributed by atoms with E-state index in [1.54, 1.807) is 0 Å². The van der Waals surface area contributed by atoms with Crippen LogP contribution in [-0.2, 0) is 14.1 Å². The zero-order chi connectivity index (χ0) is 10.2. The van der Waals surface area contributed by atoms with Crippen LogP contribution in [0.15, 0.2) is 9.59 Å². The van der Waals surface area contributed by atoms with E-state index in [-0.39, 0.29) is 11.5 Å². The Morgan fingerprint density at radius 1 is 1.23 bits per heavy atom. The standard InChI is InChI=1S/C8H13N3O2/c1-5(2)6-7(12)10(3)8(13)11(4)9-6/h5H,1-4H3. The van der Waals surface area contributed by atoms with Gasteiger partial charge in [0.25, 0.3) is 5.56 Å². The zero-order valence-corrected chi connectivity index (χ0v) is 8.24. The van der Waals surface area contributed by atoms with Crippen molar-refractivity contribution in [3.05, 3.63) is 26.5 Å². The van der Waals surface area contributed by atoms with Crippen molar-refractivity contribution in [2.45, 2.75) is 19.8 Å². The second kappa shape index (κ2) is 3.16. The number of aryl methyl sites for hydroxylation is 1. The number of hydrogen-bond acceptors (Lipinski definition) is 3. The van der Waals surface area contributed by atoms with Crippen LogP contribution >= 0.6 is 0 Å². The van der Waals surface area contributed by atoms with Crippen molar-refractivity contribution < 1.29 is 0 Å². The van der Waals surface area contributed by atoms with Gasteiger partial charge in [-0.05, 0) is 0 Å². The lowest BCUT2D eigenvalue weighted by molar-refractivity contribution is 0.561. The normalized spacial score (nSPS) is 10.8. The first-order chi connectivity index (χ1) is 5.95. The first kappa shape index (κ1) is 9.70. The van der Waals surface area contributed by atoms with E-state index >= 15 is 0 Å². The highest BCUT2D eigenvalue weighted by atomic mass is 16.2. The quantitative estimate of drug-likeness (QED) is 0.595. The van der Waals surface area contributed by atoms with E-state index in [2.05, 4.69) is 5.10 Å².